The van der Waals surface area contributed by atoms with Crippen LogP contribution in [-0.4, -0.2) is 14.8 Å². The van der Waals surface area contributed by atoms with E-state index in [9.17, 15) is 0 Å². The van der Waals surface area contributed by atoms with E-state index in [2.05, 4.69) is 17.2 Å². The van der Waals surface area contributed by atoms with Crippen LogP contribution in [0.1, 0.15) is 0 Å². The van der Waals surface area contributed by atoms with Gasteiger partial charge in [-0.15, -0.1) is 16.4 Å². The van der Waals surface area contributed by atoms with Crippen LogP contribution in [-0.2, 0) is 0 Å². The van der Waals surface area contributed by atoms with Gasteiger partial charge in [-0.1, -0.05) is 48.5 Å². The number of hydrogen-bond donors (Lipinski definition) is 1. The molecule has 0 atom stereocenters. The standard InChI is InChI=1S/C18H14N4S/c19-17-15(11-22(21-17)14-9-5-2-6-10-14)18-20-16(12-23-18)13-7-3-1-4-8-13/h1-12H,(H2,19,21). The number of nitrogen functional groups attached to an aromatic ring is 1. The van der Waals surface area contributed by atoms with Crippen LogP contribution < -0.4 is 5.73 Å². The van der Waals surface area contributed by atoms with E-state index in [-0.39, 0.29) is 0 Å². The van der Waals surface area contributed by atoms with Crippen molar-refractivity contribution in [2.45, 2.75) is 0 Å². The fourth-order valence-electron chi connectivity index (χ4n) is 2.40. The number of para-hydroxylation sites is 1. The first-order valence-electron chi connectivity index (χ1n) is 7.23. The Kier molecular flexibility index (Phi) is 3.40. The van der Waals surface area contributed by atoms with Gasteiger partial charge in [-0.3, -0.25) is 0 Å². The first kappa shape index (κ1) is 13.7. The summed E-state index contributed by atoms with van der Waals surface area (Å²) in [6.45, 7) is 0. The van der Waals surface area contributed by atoms with E-state index in [4.69, 9.17) is 10.7 Å². The second kappa shape index (κ2) is 5.70. The van der Waals surface area contributed by atoms with E-state index in [1.165, 1.54) is 0 Å². The Hall–Kier alpha value is -2.92. The summed E-state index contributed by atoms with van der Waals surface area (Å²) >= 11 is 1.58. The highest BCUT2D eigenvalue weighted by Gasteiger charge is 2.13. The van der Waals surface area contributed by atoms with Crippen LogP contribution in [0.2, 0.25) is 0 Å². The summed E-state index contributed by atoms with van der Waals surface area (Å²) in [6, 6.07) is 20.0. The highest BCUT2D eigenvalue weighted by Crippen LogP contribution is 2.32. The van der Waals surface area contributed by atoms with Gasteiger partial charge in [0.1, 0.15) is 5.01 Å². The second-order valence-corrected chi connectivity index (χ2v) is 5.97. The Morgan fingerprint density at radius 2 is 1.61 bits per heavy atom. The van der Waals surface area contributed by atoms with Crippen LogP contribution in [0.4, 0.5) is 5.82 Å². The van der Waals surface area contributed by atoms with Crippen LogP contribution in [0.15, 0.2) is 72.2 Å². The fraction of sp³-hybridized carbons (Fsp3) is 0. The van der Waals surface area contributed by atoms with Crippen molar-refractivity contribution in [2.24, 2.45) is 0 Å². The number of anilines is 1. The largest absolute Gasteiger partial charge is 0.382 e. The number of thiazole rings is 1. The molecule has 0 aliphatic carbocycles. The van der Waals surface area contributed by atoms with E-state index in [0.29, 0.717) is 5.82 Å². The van der Waals surface area contributed by atoms with Gasteiger partial charge in [-0.05, 0) is 12.1 Å². The molecule has 2 aromatic carbocycles. The molecule has 0 aliphatic heterocycles. The smallest absolute Gasteiger partial charge is 0.156 e. The molecule has 4 aromatic rings. The molecule has 0 aliphatic rings. The van der Waals surface area contributed by atoms with E-state index < -0.39 is 0 Å². The van der Waals surface area contributed by atoms with E-state index >= 15 is 0 Å². The summed E-state index contributed by atoms with van der Waals surface area (Å²) in [5.74, 6) is 0.489. The first-order valence-corrected chi connectivity index (χ1v) is 8.11. The number of rotatable bonds is 3. The molecule has 5 heteroatoms. The maximum Gasteiger partial charge on any atom is 0.156 e. The molecule has 0 unspecified atom stereocenters. The molecule has 2 N–H and O–H groups in total. The van der Waals surface area contributed by atoms with Crippen molar-refractivity contribution in [1.82, 2.24) is 14.8 Å². The van der Waals surface area contributed by atoms with Gasteiger partial charge in [0, 0.05) is 17.1 Å². The lowest BCUT2D eigenvalue weighted by Gasteiger charge is -1.98. The molecule has 0 amide bonds. The highest BCUT2D eigenvalue weighted by atomic mass is 32.1. The maximum atomic E-state index is 6.09. The maximum absolute atomic E-state index is 6.09. The zero-order valence-electron chi connectivity index (χ0n) is 12.3. The quantitative estimate of drug-likeness (QED) is 0.614. The molecular weight excluding hydrogens is 304 g/mol. The van der Waals surface area contributed by atoms with Crippen LogP contribution in [0.3, 0.4) is 0 Å². The number of nitrogens with two attached hydrogens (primary N) is 1. The molecule has 4 rings (SSSR count). The average Bonchev–Trinajstić information content (AvgIpc) is 3.23. The van der Waals surface area contributed by atoms with Crippen molar-refractivity contribution in [1.29, 1.82) is 0 Å². The number of hydrogen-bond acceptors (Lipinski definition) is 4. The minimum Gasteiger partial charge on any atom is -0.382 e. The average molecular weight is 318 g/mol. The van der Waals surface area contributed by atoms with Crippen LogP contribution in [0, 0.1) is 0 Å². The third-order valence-corrected chi connectivity index (χ3v) is 4.44. The van der Waals surface area contributed by atoms with Gasteiger partial charge >= 0.3 is 0 Å². The van der Waals surface area contributed by atoms with E-state index in [1.54, 1.807) is 16.0 Å². The molecule has 0 saturated carbocycles. The van der Waals surface area contributed by atoms with Gasteiger partial charge in [0.05, 0.1) is 16.9 Å². The summed E-state index contributed by atoms with van der Waals surface area (Å²) in [5.41, 5.74) is 9.99. The highest BCUT2D eigenvalue weighted by molar-refractivity contribution is 7.13. The van der Waals surface area contributed by atoms with Gasteiger partial charge in [-0.25, -0.2) is 9.67 Å². The first-order chi connectivity index (χ1) is 11.3. The number of nitrogens with zero attached hydrogens (tertiary/aromatic N) is 3. The SMILES string of the molecule is Nc1nn(-c2ccccc2)cc1-c1nc(-c2ccccc2)cs1. The summed E-state index contributed by atoms with van der Waals surface area (Å²) in [5, 5.41) is 7.32. The lowest BCUT2D eigenvalue weighted by molar-refractivity contribution is 0.886. The Morgan fingerprint density at radius 1 is 0.913 bits per heavy atom. The summed E-state index contributed by atoms with van der Waals surface area (Å²) in [7, 11) is 0. The van der Waals surface area contributed by atoms with Crippen molar-refractivity contribution in [3.8, 4) is 27.5 Å². The van der Waals surface area contributed by atoms with Crippen molar-refractivity contribution in [3.63, 3.8) is 0 Å². The van der Waals surface area contributed by atoms with Crippen LogP contribution >= 0.6 is 11.3 Å². The normalized spacial score (nSPS) is 10.8. The monoisotopic (exact) mass is 318 g/mol. The van der Waals surface area contributed by atoms with Crippen molar-refractivity contribution in [3.05, 3.63) is 72.2 Å². The molecule has 0 saturated heterocycles. The molecule has 4 nitrogen and oxygen atoms in total. The molecule has 0 bridgehead atoms. The minimum absolute atomic E-state index is 0.489. The minimum atomic E-state index is 0.489. The zero-order valence-corrected chi connectivity index (χ0v) is 13.1. The molecular formula is C18H14N4S. The molecule has 2 aromatic heterocycles. The Morgan fingerprint density at radius 3 is 2.35 bits per heavy atom. The third-order valence-electron chi connectivity index (χ3n) is 3.57. The van der Waals surface area contributed by atoms with Gasteiger partial charge in [-0.2, -0.15) is 0 Å². The van der Waals surface area contributed by atoms with E-state index in [1.807, 2.05) is 60.1 Å². The van der Waals surface area contributed by atoms with Gasteiger partial charge in [0.25, 0.3) is 0 Å². The summed E-state index contributed by atoms with van der Waals surface area (Å²) in [4.78, 5) is 4.70. The summed E-state index contributed by atoms with van der Waals surface area (Å²) < 4.78 is 1.79. The predicted molar refractivity (Wildman–Crippen MR) is 94.5 cm³/mol. The van der Waals surface area contributed by atoms with Gasteiger partial charge in [0.2, 0.25) is 0 Å². The Labute approximate surface area is 137 Å². The van der Waals surface area contributed by atoms with Crippen LogP contribution in [0.25, 0.3) is 27.5 Å². The van der Waals surface area contributed by atoms with Gasteiger partial charge < -0.3 is 5.73 Å². The van der Waals surface area contributed by atoms with Crippen molar-refractivity contribution >= 4 is 17.2 Å². The molecule has 2 heterocycles. The van der Waals surface area contributed by atoms with Crippen LogP contribution in [0.5, 0.6) is 0 Å². The topological polar surface area (TPSA) is 56.7 Å². The lowest BCUT2D eigenvalue weighted by Crippen LogP contribution is -1.95. The molecule has 112 valence electrons. The lowest BCUT2D eigenvalue weighted by atomic mass is 10.2. The number of aromatic nitrogens is 3. The molecule has 0 spiro atoms. The predicted octanol–water partition coefficient (Wildman–Crippen LogP) is 4.25. The van der Waals surface area contributed by atoms with Gasteiger partial charge in [0.15, 0.2) is 5.82 Å². The van der Waals surface area contributed by atoms with E-state index in [0.717, 1.165) is 27.5 Å². The Bertz CT molecular complexity index is 926. The number of benzene rings is 2. The Balaban J connectivity index is 1.72. The summed E-state index contributed by atoms with van der Waals surface area (Å²) in [6.07, 6.45) is 1.93. The molecule has 0 fully saturated rings. The van der Waals surface area contributed by atoms with Crippen molar-refractivity contribution in [2.75, 3.05) is 5.73 Å². The molecule has 23 heavy (non-hydrogen) atoms. The molecule has 0 radical (unpaired) electrons. The zero-order chi connectivity index (χ0) is 15.6. The van der Waals surface area contributed by atoms with Crippen molar-refractivity contribution < 1.29 is 0 Å². The third kappa shape index (κ3) is 2.62. The second-order valence-electron chi connectivity index (χ2n) is 5.11. The fourth-order valence-corrected chi connectivity index (χ4v) is 3.25.